The van der Waals surface area contributed by atoms with Gasteiger partial charge in [-0.25, -0.2) is 0 Å². The van der Waals surface area contributed by atoms with Crippen LogP contribution in [0.1, 0.15) is 30.9 Å². The number of rotatable bonds is 6. The van der Waals surface area contributed by atoms with Gasteiger partial charge in [-0.1, -0.05) is 36.4 Å². The van der Waals surface area contributed by atoms with Crippen molar-refractivity contribution in [2.75, 3.05) is 19.8 Å². The van der Waals surface area contributed by atoms with Gasteiger partial charge in [0.2, 0.25) is 5.91 Å². The van der Waals surface area contributed by atoms with Crippen molar-refractivity contribution in [3.63, 3.8) is 0 Å². The standard InChI is InChI=1S/C19H24N2O2.ClH/c20-12-18(21-19(22)8-5-14-9-10-23-13-14)17-7-6-15-3-1-2-4-16(15)11-17;/h1-4,6-7,11,14,18H,5,8-10,12-13,20H2,(H,21,22);1H. The molecule has 0 radical (unpaired) electrons. The number of carbonyl (C=O) groups excluding carboxylic acids is 1. The number of halogens is 1. The molecule has 5 heteroatoms. The van der Waals surface area contributed by atoms with E-state index in [1.54, 1.807) is 0 Å². The Morgan fingerprint density at radius 2 is 2.04 bits per heavy atom. The molecule has 130 valence electrons. The van der Waals surface area contributed by atoms with E-state index in [1.807, 2.05) is 18.2 Å². The molecule has 1 heterocycles. The summed E-state index contributed by atoms with van der Waals surface area (Å²) in [6.45, 7) is 2.02. The van der Waals surface area contributed by atoms with Gasteiger partial charge in [0.15, 0.2) is 0 Å². The highest BCUT2D eigenvalue weighted by Gasteiger charge is 2.18. The zero-order chi connectivity index (χ0) is 16.1. The van der Waals surface area contributed by atoms with E-state index in [2.05, 4.69) is 29.6 Å². The summed E-state index contributed by atoms with van der Waals surface area (Å²) in [7, 11) is 0. The Hall–Kier alpha value is -1.62. The van der Waals surface area contributed by atoms with E-state index in [1.165, 1.54) is 10.8 Å². The minimum absolute atomic E-state index is 0. The number of amides is 1. The van der Waals surface area contributed by atoms with E-state index in [-0.39, 0.29) is 24.4 Å². The molecule has 2 unspecified atom stereocenters. The molecule has 3 rings (SSSR count). The molecule has 2 atom stereocenters. The average Bonchev–Trinajstić information content (AvgIpc) is 3.11. The lowest BCUT2D eigenvalue weighted by atomic mass is 10.0. The zero-order valence-corrected chi connectivity index (χ0v) is 14.6. The van der Waals surface area contributed by atoms with Crippen LogP contribution in [0.2, 0.25) is 0 Å². The van der Waals surface area contributed by atoms with Crippen LogP contribution >= 0.6 is 12.4 Å². The normalized spacial score (nSPS) is 18.1. The van der Waals surface area contributed by atoms with Crippen LogP contribution in [-0.2, 0) is 9.53 Å². The lowest BCUT2D eigenvalue weighted by Gasteiger charge is -2.18. The van der Waals surface area contributed by atoms with Crippen molar-refractivity contribution in [2.45, 2.75) is 25.3 Å². The van der Waals surface area contributed by atoms with Gasteiger partial charge in [0.1, 0.15) is 0 Å². The van der Waals surface area contributed by atoms with Crippen molar-refractivity contribution in [2.24, 2.45) is 11.7 Å². The van der Waals surface area contributed by atoms with Crippen molar-refractivity contribution < 1.29 is 9.53 Å². The van der Waals surface area contributed by atoms with Gasteiger partial charge in [-0.05, 0) is 41.2 Å². The van der Waals surface area contributed by atoms with Gasteiger partial charge in [0.05, 0.1) is 6.04 Å². The lowest BCUT2D eigenvalue weighted by Crippen LogP contribution is -2.33. The van der Waals surface area contributed by atoms with Gasteiger partial charge >= 0.3 is 0 Å². The monoisotopic (exact) mass is 348 g/mol. The third-order valence-electron chi connectivity index (χ3n) is 4.55. The van der Waals surface area contributed by atoms with E-state index in [4.69, 9.17) is 10.5 Å². The molecular formula is C19H25ClN2O2. The summed E-state index contributed by atoms with van der Waals surface area (Å²) in [4.78, 5) is 12.2. The number of hydrogen-bond donors (Lipinski definition) is 2. The highest BCUT2D eigenvalue weighted by atomic mass is 35.5. The van der Waals surface area contributed by atoms with Crippen LogP contribution < -0.4 is 11.1 Å². The van der Waals surface area contributed by atoms with Crippen molar-refractivity contribution in [3.05, 3.63) is 48.0 Å². The van der Waals surface area contributed by atoms with E-state index in [9.17, 15) is 4.79 Å². The van der Waals surface area contributed by atoms with E-state index in [0.29, 0.717) is 18.9 Å². The van der Waals surface area contributed by atoms with Gasteiger partial charge in [0.25, 0.3) is 0 Å². The summed E-state index contributed by atoms with van der Waals surface area (Å²) >= 11 is 0. The second kappa shape index (κ2) is 9.02. The molecule has 1 fully saturated rings. The molecule has 0 spiro atoms. The van der Waals surface area contributed by atoms with Gasteiger partial charge in [-0.3, -0.25) is 4.79 Å². The van der Waals surface area contributed by atoms with Crippen LogP contribution in [0, 0.1) is 5.92 Å². The predicted octanol–water partition coefficient (Wildman–Crippen LogP) is 3.19. The Balaban J connectivity index is 0.00000208. The van der Waals surface area contributed by atoms with Crippen molar-refractivity contribution in [3.8, 4) is 0 Å². The van der Waals surface area contributed by atoms with Crippen LogP contribution in [0.25, 0.3) is 10.8 Å². The maximum absolute atomic E-state index is 12.2. The highest BCUT2D eigenvalue weighted by Crippen LogP contribution is 2.21. The van der Waals surface area contributed by atoms with Crippen LogP contribution in [0.15, 0.2) is 42.5 Å². The van der Waals surface area contributed by atoms with Crippen molar-refractivity contribution >= 4 is 29.1 Å². The van der Waals surface area contributed by atoms with E-state index >= 15 is 0 Å². The summed E-state index contributed by atoms with van der Waals surface area (Å²) in [5, 5.41) is 5.43. The fraction of sp³-hybridized carbons (Fsp3) is 0.421. The second-order valence-corrected chi connectivity index (χ2v) is 6.23. The number of nitrogens with two attached hydrogens (primary N) is 1. The first-order valence-electron chi connectivity index (χ1n) is 8.32. The highest BCUT2D eigenvalue weighted by molar-refractivity contribution is 5.85. The Morgan fingerprint density at radius 1 is 1.25 bits per heavy atom. The van der Waals surface area contributed by atoms with Crippen molar-refractivity contribution in [1.82, 2.24) is 5.32 Å². The molecule has 1 amide bonds. The molecule has 4 nitrogen and oxygen atoms in total. The topological polar surface area (TPSA) is 64.3 Å². The molecule has 3 N–H and O–H groups in total. The Labute approximate surface area is 149 Å². The zero-order valence-electron chi connectivity index (χ0n) is 13.7. The molecule has 2 aromatic carbocycles. The first-order valence-corrected chi connectivity index (χ1v) is 8.32. The Kier molecular flexibility index (Phi) is 7.03. The molecule has 0 aliphatic carbocycles. The lowest BCUT2D eigenvalue weighted by molar-refractivity contribution is -0.122. The fourth-order valence-corrected chi connectivity index (χ4v) is 3.12. The van der Waals surface area contributed by atoms with Gasteiger partial charge in [-0.2, -0.15) is 0 Å². The maximum Gasteiger partial charge on any atom is 0.220 e. The molecule has 1 aliphatic heterocycles. The number of ether oxygens (including phenoxy) is 1. The van der Waals surface area contributed by atoms with Crippen LogP contribution in [-0.4, -0.2) is 25.7 Å². The van der Waals surface area contributed by atoms with Crippen LogP contribution in [0.5, 0.6) is 0 Å². The molecule has 0 bridgehead atoms. The molecule has 0 saturated carbocycles. The number of carbonyl (C=O) groups is 1. The van der Waals surface area contributed by atoms with Gasteiger partial charge in [0, 0.05) is 26.2 Å². The maximum atomic E-state index is 12.2. The largest absolute Gasteiger partial charge is 0.381 e. The number of fused-ring (bicyclic) bond motifs is 1. The van der Waals surface area contributed by atoms with Crippen LogP contribution in [0.4, 0.5) is 0 Å². The third kappa shape index (κ3) is 4.69. The SMILES string of the molecule is Cl.NCC(NC(=O)CCC1CCOC1)c1ccc2ccccc2c1. The minimum atomic E-state index is -0.132. The summed E-state index contributed by atoms with van der Waals surface area (Å²) in [6.07, 6.45) is 2.50. The molecule has 2 aromatic rings. The summed E-state index contributed by atoms with van der Waals surface area (Å²) in [5.41, 5.74) is 6.94. The first-order chi connectivity index (χ1) is 11.3. The Morgan fingerprint density at radius 3 is 2.75 bits per heavy atom. The average molecular weight is 349 g/mol. The van der Waals surface area contributed by atoms with Gasteiger partial charge in [-0.15, -0.1) is 12.4 Å². The van der Waals surface area contributed by atoms with Crippen molar-refractivity contribution in [1.29, 1.82) is 0 Å². The molecule has 0 aromatic heterocycles. The summed E-state index contributed by atoms with van der Waals surface area (Å²) in [6, 6.07) is 14.3. The smallest absolute Gasteiger partial charge is 0.220 e. The second-order valence-electron chi connectivity index (χ2n) is 6.23. The fourth-order valence-electron chi connectivity index (χ4n) is 3.12. The number of nitrogens with one attached hydrogen (secondary N) is 1. The summed E-state index contributed by atoms with van der Waals surface area (Å²) < 4.78 is 5.35. The quantitative estimate of drug-likeness (QED) is 0.842. The minimum Gasteiger partial charge on any atom is -0.381 e. The molecular weight excluding hydrogens is 324 g/mol. The molecule has 24 heavy (non-hydrogen) atoms. The molecule has 1 aliphatic rings. The van der Waals surface area contributed by atoms with E-state index < -0.39 is 0 Å². The van der Waals surface area contributed by atoms with Gasteiger partial charge < -0.3 is 15.8 Å². The summed E-state index contributed by atoms with van der Waals surface area (Å²) in [5.74, 6) is 0.596. The molecule has 1 saturated heterocycles. The number of hydrogen-bond acceptors (Lipinski definition) is 3. The Bertz CT molecular complexity index is 671. The van der Waals surface area contributed by atoms with Crippen LogP contribution in [0.3, 0.4) is 0 Å². The third-order valence-corrected chi connectivity index (χ3v) is 4.55. The number of benzene rings is 2. The first kappa shape index (κ1) is 18.7. The van der Waals surface area contributed by atoms with E-state index in [0.717, 1.165) is 31.6 Å². The predicted molar refractivity (Wildman–Crippen MR) is 99.3 cm³/mol.